The number of benzene rings is 1. The maximum atomic E-state index is 5.55. The Balaban J connectivity index is 2.09. The lowest BCUT2D eigenvalue weighted by Crippen LogP contribution is -1.97. The molecule has 2 rings (SSSR count). The predicted molar refractivity (Wildman–Crippen MR) is 55.8 cm³/mol. The number of methoxy groups -OCH3 is 1. The third-order valence-corrected chi connectivity index (χ3v) is 2.79. The van der Waals surface area contributed by atoms with E-state index >= 15 is 0 Å². The molecule has 0 amide bonds. The normalized spacial score (nSPS) is 26.4. The second-order valence-corrected chi connectivity index (χ2v) is 3.85. The van der Waals surface area contributed by atoms with Crippen LogP contribution in [0.2, 0.25) is 0 Å². The Morgan fingerprint density at radius 3 is 2.50 bits per heavy atom. The van der Waals surface area contributed by atoms with Crippen LogP contribution in [0.1, 0.15) is 24.8 Å². The molecule has 1 aliphatic heterocycles. The van der Waals surface area contributed by atoms with E-state index in [0.717, 1.165) is 18.8 Å². The standard InChI is InChI=1S/C12H16O2/c1-9-7-11(8-14-9)10-3-5-12(13-2)6-4-10/h3-6,9,11H,7-8H2,1-2H3. The minimum Gasteiger partial charge on any atom is -0.497 e. The van der Waals surface area contributed by atoms with Crippen LogP contribution in [-0.2, 0) is 4.74 Å². The van der Waals surface area contributed by atoms with Crippen molar-refractivity contribution in [3.8, 4) is 5.75 Å². The molecule has 1 heterocycles. The number of rotatable bonds is 2. The molecule has 2 atom stereocenters. The van der Waals surface area contributed by atoms with Crippen molar-refractivity contribution in [3.63, 3.8) is 0 Å². The van der Waals surface area contributed by atoms with Crippen LogP contribution in [-0.4, -0.2) is 19.8 Å². The summed E-state index contributed by atoms with van der Waals surface area (Å²) in [4.78, 5) is 0. The van der Waals surface area contributed by atoms with Gasteiger partial charge in [-0.2, -0.15) is 0 Å². The second-order valence-electron chi connectivity index (χ2n) is 3.85. The molecule has 0 aliphatic carbocycles. The molecule has 2 nitrogen and oxygen atoms in total. The molecule has 0 bridgehead atoms. The van der Waals surface area contributed by atoms with Crippen LogP contribution < -0.4 is 4.74 Å². The highest BCUT2D eigenvalue weighted by Crippen LogP contribution is 2.29. The van der Waals surface area contributed by atoms with Crippen molar-refractivity contribution in [1.29, 1.82) is 0 Å². The first-order chi connectivity index (χ1) is 6.79. The summed E-state index contributed by atoms with van der Waals surface area (Å²) >= 11 is 0. The highest BCUT2D eigenvalue weighted by molar-refractivity contribution is 5.29. The van der Waals surface area contributed by atoms with Gasteiger partial charge in [0, 0.05) is 5.92 Å². The van der Waals surface area contributed by atoms with E-state index in [1.165, 1.54) is 5.56 Å². The molecule has 0 N–H and O–H groups in total. The smallest absolute Gasteiger partial charge is 0.118 e. The first kappa shape index (κ1) is 9.53. The molecule has 1 fully saturated rings. The zero-order valence-electron chi connectivity index (χ0n) is 8.69. The van der Waals surface area contributed by atoms with Gasteiger partial charge >= 0.3 is 0 Å². The van der Waals surface area contributed by atoms with Gasteiger partial charge in [-0.3, -0.25) is 0 Å². The van der Waals surface area contributed by atoms with E-state index in [0.29, 0.717) is 12.0 Å². The molecule has 76 valence electrons. The zero-order valence-corrected chi connectivity index (χ0v) is 8.69. The van der Waals surface area contributed by atoms with E-state index in [4.69, 9.17) is 9.47 Å². The van der Waals surface area contributed by atoms with Crippen LogP contribution in [0.4, 0.5) is 0 Å². The monoisotopic (exact) mass is 192 g/mol. The SMILES string of the molecule is COc1ccc(C2COC(C)C2)cc1. The van der Waals surface area contributed by atoms with Crippen molar-refractivity contribution in [1.82, 2.24) is 0 Å². The fourth-order valence-corrected chi connectivity index (χ4v) is 1.93. The lowest BCUT2D eigenvalue weighted by atomic mass is 9.97. The Morgan fingerprint density at radius 2 is 2.00 bits per heavy atom. The summed E-state index contributed by atoms with van der Waals surface area (Å²) in [7, 11) is 1.69. The van der Waals surface area contributed by atoms with Gasteiger partial charge in [0.05, 0.1) is 19.8 Å². The van der Waals surface area contributed by atoms with Crippen LogP contribution in [0.15, 0.2) is 24.3 Å². The average Bonchev–Trinajstić information content (AvgIpc) is 2.65. The Labute approximate surface area is 84.8 Å². The van der Waals surface area contributed by atoms with Crippen molar-refractivity contribution in [2.45, 2.75) is 25.4 Å². The molecular formula is C12H16O2. The van der Waals surface area contributed by atoms with Gasteiger partial charge in [0.15, 0.2) is 0 Å². The lowest BCUT2D eigenvalue weighted by Gasteiger charge is -2.08. The van der Waals surface area contributed by atoms with Gasteiger partial charge in [-0.15, -0.1) is 0 Å². The Bertz CT molecular complexity index is 292. The molecule has 1 aromatic carbocycles. The molecule has 1 saturated heterocycles. The molecule has 0 spiro atoms. The highest BCUT2D eigenvalue weighted by atomic mass is 16.5. The second kappa shape index (κ2) is 4.01. The first-order valence-electron chi connectivity index (χ1n) is 5.05. The Morgan fingerprint density at radius 1 is 1.29 bits per heavy atom. The fraction of sp³-hybridized carbons (Fsp3) is 0.500. The predicted octanol–water partition coefficient (Wildman–Crippen LogP) is 2.59. The minimum atomic E-state index is 0.405. The van der Waals surface area contributed by atoms with E-state index in [1.54, 1.807) is 7.11 Å². The Kier molecular flexibility index (Phi) is 2.73. The lowest BCUT2D eigenvalue weighted by molar-refractivity contribution is 0.123. The van der Waals surface area contributed by atoms with Crippen molar-refractivity contribution in [2.24, 2.45) is 0 Å². The number of hydrogen-bond donors (Lipinski definition) is 0. The molecule has 1 aliphatic rings. The third-order valence-electron chi connectivity index (χ3n) is 2.79. The zero-order chi connectivity index (χ0) is 9.97. The van der Waals surface area contributed by atoms with Crippen molar-refractivity contribution >= 4 is 0 Å². The van der Waals surface area contributed by atoms with E-state index < -0.39 is 0 Å². The Hall–Kier alpha value is -1.02. The van der Waals surface area contributed by atoms with Gasteiger partial charge in [0.25, 0.3) is 0 Å². The van der Waals surface area contributed by atoms with Gasteiger partial charge in [-0.25, -0.2) is 0 Å². The summed E-state index contributed by atoms with van der Waals surface area (Å²) in [5.41, 5.74) is 1.36. The van der Waals surface area contributed by atoms with Gasteiger partial charge in [0.2, 0.25) is 0 Å². The van der Waals surface area contributed by atoms with Crippen molar-refractivity contribution in [2.75, 3.05) is 13.7 Å². The van der Waals surface area contributed by atoms with Gasteiger partial charge in [0.1, 0.15) is 5.75 Å². The molecule has 0 aromatic heterocycles. The summed E-state index contributed by atoms with van der Waals surface area (Å²) in [6.07, 6.45) is 1.54. The van der Waals surface area contributed by atoms with Crippen molar-refractivity contribution < 1.29 is 9.47 Å². The molecule has 0 radical (unpaired) electrons. The third kappa shape index (κ3) is 1.90. The van der Waals surface area contributed by atoms with E-state index in [9.17, 15) is 0 Å². The molecule has 2 unspecified atom stereocenters. The van der Waals surface area contributed by atoms with Crippen LogP contribution >= 0.6 is 0 Å². The van der Waals surface area contributed by atoms with Crippen LogP contribution in [0.5, 0.6) is 5.75 Å². The molecule has 14 heavy (non-hydrogen) atoms. The summed E-state index contributed by atoms with van der Waals surface area (Å²) < 4.78 is 10.7. The minimum absolute atomic E-state index is 0.405. The number of hydrogen-bond acceptors (Lipinski definition) is 2. The summed E-state index contributed by atoms with van der Waals surface area (Å²) in [5.74, 6) is 1.48. The van der Waals surface area contributed by atoms with Crippen LogP contribution in [0, 0.1) is 0 Å². The summed E-state index contributed by atoms with van der Waals surface area (Å²) in [6.45, 7) is 2.98. The fourth-order valence-electron chi connectivity index (χ4n) is 1.93. The molecule has 1 aromatic rings. The van der Waals surface area contributed by atoms with E-state index in [1.807, 2.05) is 12.1 Å². The molecular weight excluding hydrogens is 176 g/mol. The summed E-state index contributed by atoms with van der Waals surface area (Å²) in [5, 5.41) is 0. The maximum absolute atomic E-state index is 5.55. The summed E-state index contributed by atoms with van der Waals surface area (Å²) in [6, 6.07) is 8.28. The topological polar surface area (TPSA) is 18.5 Å². The van der Waals surface area contributed by atoms with Gasteiger partial charge < -0.3 is 9.47 Å². The van der Waals surface area contributed by atoms with Gasteiger partial charge in [-0.05, 0) is 31.0 Å². The van der Waals surface area contributed by atoms with Gasteiger partial charge in [-0.1, -0.05) is 12.1 Å². The molecule has 0 saturated carbocycles. The first-order valence-corrected chi connectivity index (χ1v) is 5.05. The van der Waals surface area contributed by atoms with Crippen LogP contribution in [0.3, 0.4) is 0 Å². The van der Waals surface area contributed by atoms with E-state index in [2.05, 4.69) is 19.1 Å². The highest BCUT2D eigenvalue weighted by Gasteiger charge is 2.23. The van der Waals surface area contributed by atoms with Crippen LogP contribution in [0.25, 0.3) is 0 Å². The maximum Gasteiger partial charge on any atom is 0.118 e. The van der Waals surface area contributed by atoms with E-state index in [-0.39, 0.29) is 0 Å². The largest absolute Gasteiger partial charge is 0.497 e. The molecule has 2 heteroatoms. The quantitative estimate of drug-likeness (QED) is 0.717. The number of ether oxygens (including phenoxy) is 2. The van der Waals surface area contributed by atoms with Crippen molar-refractivity contribution in [3.05, 3.63) is 29.8 Å². The average molecular weight is 192 g/mol.